The number of amides is 2. The van der Waals surface area contributed by atoms with Crippen LogP contribution in [0.15, 0.2) is 0 Å². The molecule has 0 saturated heterocycles. The Balaban J connectivity index is 4.55. The van der Waals surface area contributed by atoms with Crippen molar-refractivity contribution in [1.29, 1.82) is 0 Å². The first-order chi connectivity index (χ1) is 7.99. The van der Waals surface area contributed by atoms with Crippen molar-refractivity contribution in [2.45, 2.75) is 58.2 Å². The van der Waals surface area contributed by atoms with E-state index in [1.54, 1.807) is 0 Å². The minimum atomic E-state index is -0.923. The molecule has 0 aliphatic carbocycles. The summed E-state index contributed by atoms with van der Waals surface area (Å²) in [5, 5.41) is 14.4. The zero-order valence-electron chi connectivity index (χ0n) is 11.8. The van der Waals surface area contributed by atoms with Crippen LogP contribution in [0, 0.1) is 0 Å². The van der Waals surface area contributed by atoms with Gasteiger partial charge in [-0.1, -0.05) is 0 Å². The quantitative estimate of drug-likeness (QED) is 0.516. The average Bonchev–Trinajstić information content (AvgIpc) is 2.10. The number of nitrogens with one attached hydrogen (secondary N) is 2. The van der Waals surface area contributed by atoms with Gasteiger partial charge in [-0.25, -0.2) is 0 Å². The van der Waals surface area contributed by atoms with Crippen molar-refractivity contribution >= 4 is 11.8 Å². The number of nitrogens with two attached hydrogens (primary N) is 1. The molecule has 1 unspecified atom stereocenters. The van der Waals surface area contributed by atoms with E-state index in [4.69, 9.17) is 10.8 Å². The van der Waals surface area contributed by atoms with Gasteiger partial charge < -0.3 is 21.5 Å². The maximum atomic E-state index is 11.6. The maximum Gasteiger partial charge on any atom is 0.239 e. The highest BCUT2D eigenvalue weighted by Gasteiger charge is 2.31. The summed E-state index contributed by atoms with van der Waals surface area (Å²) in [5.74, 6) is -0.518. The van der Waals surface area contributed by atoms with E-state index in [0.29, 0.717) is 6.42 Å². The minimum Gasteiger partial charge on any atom is -0.394 e. The number of rotatable bonds is 6. The minimum absolute atomic E-state index is 0.116. The number of carbonyl (C=O) groups excluding carboxylic acids is 2. The topological polar surface area (TPSA) is 104 Å². The Morgan fingerprint density at radius 3 is 2.00 bits per heavy atom. The molecule has 18 heavy (non-hydrogen) atoms. The van der Waals surface area contributed by atoms with Crippen LogP contribution in [0.4, 0.5) is 0 Å². The van der Waals surface area contributed by atoms with Gasteiger partial charge in [-0.05, 0) is 34.1 Å². The molecular weight excluding hydrogens is 234 g/mol. The number of aliphatic hydroxyl groups is 1. The molecule has 2 amide bonds. The van der Waals surface area contributed by atoms with E-state index in [0.717, 1.165) is 0 Å². The van der Waals surface area contributed by atoms with E-state index in [1.807, 2.05) is 27.7 Å². The zero-order chi connectivity index (χ0) is 14.6. The molecule has 0 fully saturated rings. The molecule has 0 heterocycles. The molecule has 0 aliphatic rings. The van der Waals surface area contributed by atoms with Crippen molar-refractivity contribution in [3.8, 4) is 0 Å². The van der Waals surface area contributed by atoms with Gasteiger partial charge in [0.25, 0.3) is 0 Å². The van der Waals surface area contributed by atoms with Crippen LogP contribution in [0.3, 0.4) is 0 Å². The van der Waals surface area contributed by atoms with Gasteiger partial charge in [0.05, 0.1) is 6.61 Å². The van der Waals surface area contributed by atoms with Crippen LogP contribution in [0.5, 0.6) is 0 Å². The maximum absolute atomic E-state index is 11.6. The number of aliphatic hydroxyl groups excluding tert-OH is 1. The van der Waals surface area contributed by atoms with Gasteiger partial charge in [0.2, 0.25) is 11.8 Å². The van der Waals surface area contributed by atoms with Crippen LogP contribution in [0.2, 0.25) is 0 Å². The van der Waals surface area contributed by atoms with E-state index in [-0.39, 0.29) is 5.91 Å². The lowest BCUT2D eigenvalue weighted by Gasteiger charge is -2.36. The lowest BCUT2D eigenvalue weighted by Crippen LogP contribution is -2.56. The van der Waals surface area contributed by atoms with E-state index in [1.165, 1.54) is 6.92 Å². The third-order valence-electron chi connectivity index (χ3n) is 2.39. The van der Waals surface area contributed by atoms with E-state index in [9.17, 15) is 9.59 Å². The Morgan fingerprint density at radius 1 is 1.17 bits per heavy atom. The first-order valence-electron chi connectivity index (χ1n) is 5.96. The number of carbonyl (C=O) groups is 2. The summed E-state index contributed by atoms with van der Waals surface area (Å²) in [4.78, 5) is 22.7. The fourth-order valence-corrected chi connectivity index (χ4v) is 2.18. The molecule has 5 N–H and O–H groups in total. The van der Waals surface area contributed by atoms with Gasteiger partial charge in [0.1, 0.15) is 6.04 Å². The fraction of sp³-hybridized carbons (Fsp3) is 0.833. The van der Waals surface area contributed by atoms with Crippen molar-refractivity contribution < 1.29 is 14.7 Å². The van der Waals surface area contributed by atoms with Crippen LogP contribution in [0.1, 0.15) is 41.0 Å². The summed E-state index contributed by atoms with van der Waals surface area (Å²) < 4.78 is 0. The number of hydrogen-bond acceptors (Lipinski definition) is 4. The highest BCUT2D eigenvalue weighted by atomic mass is 16.3. The third-order valence-corrected chi connectivity index (χ3v) is 2.39. The molecule has 0 aromatic rings. The monoisotopic (exact) mass is 259 g/mol. The molecule has 0 radical (unpaired) electrons. The molecule has 0 aliphatic heterocycles. The van der Waals surface area contributed by atoms with Gasteiger partial charge in [-0.2, -0.15) is 0 Å². The van der Waals surface area contributed by atoms with Crippen molar-refractivity contribution in [3.63, 3.8) is 0 Å². The first kappa shape index (κ1) is 16.9. The second-order valence-electron chi connectivity index (χ2n) is 5.90. The molecule has 6 nitrogen and oxygen atoms in total. The van der Waals surface area contributed by atoms with Crippen LogP contribution >= 0.6 is 0 Å². The SMILES string of the molecule is CC(=O)NC(C)(C)CC(C)(C)NC(=O)C(N)CO. The Bertz CT molecular complexity index is 314. The normalized spacial score (nSPS) is 13.9. The third kappa shape index (κ3) is 6.56. The van der Waals surface area contributed by atoms with Gasteiger partial charge in [-0.3, -0.25) is 9.59 Å². The molecule has 0 bridgehead atoms. The Morgan fingerprint density at radius 2 is 1.61 bits per heavy atom. The summed E-state index contributed by atoms with van der Waals surface area (Å²) in [6.07, 6.45) is 0.545. The summed E-state index contributed by atoms with van der Waals surface area (Å²) in [7, 11) is 0. The molecule has 6 heteroatoms. The van der Waals surface area contributed by atoms with Gasteiger partial charge in [0.15, 0.2) is 0 Å². The Kier molecular flexibility index (Phi) is 5.76. The highest BCUT2D eigenvalue weighted by Crippen LogP contribution is 2.19. The van der Waals surface area contributed by atoms with Crippen LogP contribution < -0.4 is 16.4 Å². The van der Waals surface area contributed by atoms with Gasteiger partial charge >= 0.3 is 0 Å². The van der Waals surface area contributed by atoms with Gasteiger partial charge in [-0.15, -0.1) is 0 Å². The molecule has 0 aromatic heterocycles. The van der Waals surface area contributed by atoms with E-state index < -0.39 is 29.6 Å². The predicted molar refractivity (Wildman–Crippen MR) is 69.8 cm³/mol. The van der Waals surface area contributed by atoms with E-state index in [2.05, 4.69) is 10.6 Å². The summed E-state index contributed by atoms with van der Waals surface area (Å²) in [5.41, 5.74) is 4.47. The van der Waals surface area contributed by atoms with Crippen molar-refractivity contribution in [2.24, 2.45) is 5.73 Å². The molecule has 1 atom stereocenters. The van der Waals surface area contributed by atoms with Crippen molar-refractivity contribution in [1.82, 2.24) is 10.6 Å². The second kappa shape index (κ2) is 6.15. The fourth-order valence-electron chi connectivity index (χ4n) is 2.18. The molecular formula is C12H25N3O3. The second-order valence-corrected chi connectivity index (χ2v) is 5.90. The van der Waals surface area contributed by atoms with Crippen LogP contribution in [0.25, 0.3) is 0 Å². The van der Waals surface area contributed by atoms with Gasteiger partial charge in [0, 0.05) is 18.0 Å². The lowest BCUT2D eigenvalue weighted by atomic mass is 9.86. The average molecular weight is 259 g/mol. The predicted octanol–water partition coefficient (Wildman–Crippen LogP) is -0.494. The largest absolute Gasteiger partial charge is 0.394 e. The summed E-state index contributed by atoms with van der Waals surface area (Å²) >= 11 is 0. The Hall–Kier alpha value is -1.14. The van der Waals surface area contributed by atoms with Crippen LogP contribution in [-0.2, 0) is 9.59 Å². The molecule has 0 saturated carbocycles. The molecule has 0 aromatic carbocycles. The summed E-state index contributed by atoms with van der Waals surface area (Å²) in [6.45, 7) is 8.52. The molecule has 0 rings (SSSR count). The highest BCUT2D eigenvalue weighted by molar-refractivity contribution is 5.82. The first-order valence-corrected chi connectivity index (χ1v) is 5.96. The Labute approximate surface area is 108 Å². The van der Waals surface area contributed by atoms with Crippen molar-refractivity contribution in [3.05, 3.63) is 0 Å². The molecule has 106 valence electrons. The van der Waals surface area contributed by atoms with Crippen LogP contribution in [-0.4, -0.2) is 40.6 Å². The zero-order valence-corrected chi connectivity index (χ0v) is 11.8. The van der Waals surface area contributed by atoms with Crippen molar-refractivity contribution in [2.75, 3.05) is 6.61 Å². The summed E-state index contributed by atoms with van der Waals surface area (Å²) in [6, 6.07) is -0.923. The lowest BCUT2D eigenvalue weighted by molar-refractivity contribution is -0.125. The number of hydrogen-bond donors (Lipinski definition) is 4. The molecule has 0 spiro atoms. The standard InChI is InChI=1S/C12H25N3O3/c1-8(17)14-11(2,3)7-12(4,5)15-10(18)9(13)6-16/h9,16H,6-7,13H2,1-5H3,(H,14,17)(H,15,18). The van der Waals surface area contributed by atoms with E-state index >= 15 is 0 Å². The smallest absolute Gasteiger partial charge is 0.239 e.